The van der Waals surface area contributed by atoms with E-state index in [0.29, 0.717) is 43.9 Å². The molecule has 130 valence electrons. The first-order chi connectivity index (χ1) is 12.7. The van der Waals surface area contributed by atoms with Gasteiger partial charge in [0.05, 0.1) is 18.2 Å². The number of fused-ring (bicyclic) bond motifs is 1. The third-order valence-corrected chi connectivity index (χ3v) is 4.68. The summed E-state index contributed by atoms with van der Waals surface area (Å²) in [5, 5.41) is 26.1. The number of benzene rings is 1. The Hall–Kier alpha value is -3.43. The highest BCUT2D eigenvalue weighted by molar-refractivity contribution is 5.96. The summed E-state index contributed by atoms with van der Waals surface area (Å²) in [6, 6.07) is 8.67. The van der Waals surface area contributed by atoms with Gasteiger partial charge in [0.2, 0.25) is 11.8 Å². The third kappa shape index (κ3) is 2.75. The van der Waals surface area contributed by atoms with E-state index in [2.05, 4.69) is 27.4 Å². The minimum atomic E-state index is -0.380. The lowest BCUT2D eigenvalue weighted by molar-refractivity contribution is -0.128. The molecule has 26 heavy (non-hydrogen) atoms. The molecule has 1 aromatic heterocycles. The topological polar surface area (TPSA) is 113 Å². The number of carbonyl (C=O) groups is 1. The van der Waals surface area contributed by atoms with Crippen LogP contribution in [-0.4, -0.2) is 64.7 Å². The van der Waals surface area contributed by atoms with Crippen LogP contribution in [0.4, 0.5) is 6.01 Å². The lowest BCUT2D eigenvalue weighted by Crippen LogP contribution is -2.64. The van der Waals surface area contributed by atoms with E-state index in [0.717, 1.165) is 0 Å². The third-order valence-electron chi connectivity index (χ3n) is 4.68. The Morgan fingerprint density at radius 2 is 2.00 bits per heavy atom. The molecule has 2 aliphatic heterocycles. The highest BCUT2D eigenvalue weighted by Crippen LogP contribution is 2.26. The summed E-state index contributed by atoms with van der Waals surface area (Å²) in [6.07, 6.45) is 2.11. The second-order valence-corrected chi connectivity index (χ2v) is 6.17. The summed E-state index contributed by atoms with van der Waals surface area (Å²) >= 11 is 0. The Balaban J connectivity index is 1.57. The minimum absolute atomic E-state index is 0.140. The fraction of sp³-hybridized carbons (Fsp3) is 0.353. The predicted octanol–water partition coefficient (Wildman–Crippen LogP) is 0.422. The second-order valence-electron chi connectivity index (χ2n) is 6.17. The van der Waals surface area contributed by atoms with Crippen LogP contribution in [0.2, 0.25) is 0 Å². The first kappa shape index (κ1) is 16.1. The van der Waals surface area contributed by atoms with Crippen LogP contribution < -0.4 is 4.90 Å². The molecule has 0 aliphatic carbocycles. The number of hydrogen-bond acceptors (Lipinski definition) is 8. The molecule has 9 nitrogen and oxygen atoms in total. The van der Waals surface area contributed by atoms with Gasteiger partial charge in [0.25, 0.3) is 0 Å². The van der Waals surface area contributed by atoms with Gasteiger partial charge in [0.1, 0.15) is 6.04 Å². The second kappa shape index (κ2) is 6.47. The first-order valence-electron chi connectivity index (χ1n) is 8.24. The summed E-state index contributed by atoms with van der Waals surface area (Å²) < 4.78 is 5.69. The Kier molecular flexibility index (Phi) is 3.99. The number of aromatic nitrogens is 2. The van der Waals surface area contributed by atoms with Gasteiger partial charge in [0, 0.05) is 31.7 Å². The molecule has 3 heterocycles. The van der Waals surface area contributed by atoms with Crippen LogP contribution in [0.15, 0.2) is 28.7 Å². The molecule has 1 aromatic carbocycles. The Labute approximate surface area is 149 Å². The van der Waals surface area contributed by atoms with Crippen LogP contribution >= 0.6 is 0 Å². The van der Waals surface area contributed by atoms with Crippen LogP contribution in [0.25, 0.3) is 11.5 Å². The average molecular weight is 349 g/mol. The van der Waals surface area contributed by atoms with Crippen molar-refractivity contribution in [1.29, 1.82) is 10.5 Å². The summed E-state index contributed by atoms with van der Waals surface area (Å²) in [5.74, 6) is 0.117. The number of nitriles is 2. The van der Waals surface area contributed by atoms with Crippen molar-refractivity contribution in [2.75, 3.05) is 37.6 Å². The van der Waals surface area contributed by atoms with E-state index in [9.17, 15) is 4.79 Å². The van der Waals surface area contributed by atoms with Crippen molar-refractivity contribution in [3.05, 3.63) is 29.8 Å². The largest absolute Gasteiger partial charge is 0.403 e. The normalized spacial score (nSPS) is 20.4. The fourth-order valence-corrected chi connectivity index (χ4v) is 3.28. The van der Waals surface area contributed by atoms with Crippen LogP contribution in [0, 0.1) is 22.8 Å². The maximum absolute atomic E-state index is 12.8. The number of amides is 1. The van der Waals surface area contributed by atoms with Gasteiger partial charge < -0.3 is 9.32 Å². The number of carbonyl (C=O) groups excluding carboxylic acids is 1. The van der Waals surface area contributed by atoms with Crippen molar-refractivity contribution in [2.24, 2.45) is 0 Å². The molecule has 1 amide bonds. The number of hydrogen-bond donors (Lipinski definition) is 0. The molecule has 0 saturated carbocycles. The molecule has 9 heteroatoms. The summed E-state index contributed by atoms with van der Waals surface area (Å²) in [6.45, 7) is 2.85. The van der Waals surface area contributed by atoms with E-state index in [1.807, 2.05) is 0 Å². The Morgan fingerprint density at radius 3 is 2.81 bits per heavy atom. The van der Waals surface area contributed by atoms with Gasteiger partial charge >= 0.3 is 6.01 Å². The highest BCUT2D eigenvalue weighted by Gasteiger charge is 2.40. The summed E-state index contributed by atoms with van der Waals surface area (Å²) in [5.41, 5.74) is 1.12. The maximum Gasteiger partial charge on any atom is 0.325 e. The van der Waals surface area contributed by atoms with Crippen molar-refractivity contribution in [2.45, 2.75) is 6.04 Å². The van der Waals surface area contributed by atoms with Crippen molar-refractivity contribution >= 4 is 11.9 Å². The molecular weight excluding hydrogens is 334 g/mol. The van der Waals surface area contributed by atoms with Crippen LogP contribution in [0.3, 0.4) is 0 Å². The zero-order valence-electron chi connectivity index (χ0n) is 13.9. The molecule has 0 unspecified atom stereocenters. The monoisotopic (exact) mass is 349 g/mol. The number of rotatable bonds is 2. The van der Waals surface area contributed by atoms with Gasteiger partial charge in [-0.25, -0.2) is 0 Å². The van der Waals surface area contributed by atoms with E-state index in [-0.39, 0.29) is 23.9 Å². The molecule has 4 rings (SSSR count). The van der Waals surface area contributed by atoms with Crippen molar-refractivity contribution in [3.8, 4) is 23.7 Å². The van der Waals surface area contributed by atoms with Gasteiger partial charge in [-0.15, -0.1) is 5.10 Å². The van der Waals surface area contributed by atoms with Crippen LogP contribution in [0.1, 0.15) is 5.56 Å². The number of anilines is 1. The Bertz CT molecular complexity index is 926. The molecule has 2 aliphatic rings. The van der Waals surface area contributed by atoms with Gasteiger partial charge in [-0.3, -0.25) is 14.6 Å². The zero-order valence-corrected chi connectivity index (χ0v) is 13.9. The van der Waals surface area contributed by atoms with Crippen LogP contribution in [-0.2, 0) is 4.79 Å². The molecule has 0 bridgehead atoms. The van der Waals surface area contributed by atoms with Gasteiger partial charge in [-0.05, 0) is 18.2 Å². The standard InChI is InChI=1S/C17H15N7O2/c18-9-12-2-1-3-13(8-12)15-20-21-17(26-15)24-7-6-23-5-4-22(11-19)10-14(23)16(24)25/h1-3,8,14H,4-7,10H2/t14-/m1/s1. The van der Waals surface area contributed by atoms with E-state index in [1.165, 1.54) is 4.90 Å². The van der Waals surface area contributed by atoms with Crippen molar-refractivity contribution in [3.63, 3.8) is 0 Å². The van der Waals surface area contributed by atoms with Gasteiger partial charge in [-0.1, -0.05) is 11.2 Å². The molecule has 1 atom stereocenters. The SMILES string of the molecule is N#Cc1cccc(-c2nnc(N3CCN4CCN(C#N)C[C@@H]4C3=O)o2)c1. The van der Waals surface area contributed by atoms with Crippen molar-refractivity contribution in [1.82, 2.24) is 20.0 Å². The fourth-order valence-electron chi connectivity index (χ4n) is 3.28. The van der Waals surface area contributed by atoms with Crippen molar-refractivity contribution < 1.29 is 9.21 Å². The molecule has 2 saturated heterocycles. The lowest BCUT2D eigenvalue weighted by atomic mass is 10.1. The minimum Gasteiger partial charge on any atom is -0.403 e. The van der Waals surface area contributed by atoms with E-state index >= 15 is 0 Å². The number of nitrogens with zero attached hydrogens (tertiary/aromatic N) is 7. The maximum atomic E-state index is 12.8. The molecule has 2 fully saturated rings. The van der Waals surface area contributed by atoms with E-state index in [4.69, 9.17) is 14.9 Å². The lowest BCUT2D eigenvalue weighted by Gasteiger charge is -2.43. The van der Waals surface area contributed by atoms with Gasteiger partial charge in [-0.2, -0.15) is 10.5 Å². The molecule has 0 spiro atoms. The molecule has 2 aromatic rings. The first-order valence-corrected chi connectivity index (χ1v) is 8.24. The molecule has 0 radical (unpaired) electrons. The van der Waals surface area contributed by atoms with E-state index in [1.54, 1.807) is 29.2 Å². The van der Waals surface area contributed by atoms with Gasteiger partial charge in [0.15, 0.2) is 6.19 Å². The smallest absolute Gasteiger partial charge is 0.325 e. The number of piperazine rings is 2. The summed E-state index contributed by atoms with van der Waals surface area (Å²) in [7, 11) is 0. The Morgan fingerprint density at radius 1 is 1.15 bits per heavy atom. The van der Waals surface area contributed by atoms with E-state index < -0.39 is 0 Å². The quantitative estimate of drug-likeness (QED) is 0.717. The average Bonchev–Trinajstić information content (AvgIpc) is 3.18. The summed E-state index contributed by atoms with van der Waals surface area (Å²) in [4.78, 5) is 18.0. The molecular formula is C17H15N7O2. The predicted molar refractivity (Wildman–Crippen MR) is 89.3 cm³/mol. The highest BCUT2D eigenvalue weighted by atomic mass is 16.4. The zero-order chi connectivity index (χ0) is 18.1. The molecule has 0 N–H and O–H groups in total. The van der Waals surface area contributed by atoms with Crippen LogP contribution in [0.5, 0.6) is 0 Å².